The Kier molecular flexibility index (Phi) is 4.28. The van der Waals surface area contributed by atoms with E-state index in [9.17, 15) is 8.42 Å². The fourth-order valence-electron chi connectivity index (χ4n) is 2.89. The Morgan fingerprint density at radius 3 is 2.23 bits per heavy atom. The minimum Gasteiger partial charge on any atom is -0.302 e. The van der Waals surface area contributed by atoms with Crippen LogP contribution < -0.4 is 4.72 Å². The molecular formula is C20H17N3O2S. The minimum atomic E-state index is -3.60. The molecule has 0 atom stereocenters. The Labute approximate surface area is 152 Å². The van der Waals surface area contributed by atoms with E-state index in [4.69, 9.17) is 0 Å². The molecule has 0 aliphatic heterocycles. The Morgan fingerprint density at radius 2 is 1.50 bits per heavy atom. The zero-order chi connectivity index (χ0) is 18.0. The Bertz CT molecular complexity index is 1140. The molecule has 5 nitrogen and oxygen atoms in total. The highest BCUT2D eigenvalue weighted by Gasteiger charge is 2.18. The largest absolute Gasteiger partial charge is 0.302 e. The number of benzene rings is 2. The number of nitrogens with zero attached hydrogens (tertiary/aromatic N) is 2. The fourth-order valence-corrected chi connectivity index (χ4v) is 3.90. The van der Waals surface area contributed by atoms with E-state index in [2.05, 4.69) is 9.71 Å². The van der Waals surface area contributed by atoms with Crippen LogP contribution in [0, 0.1) is 0 Å². The molecule has 2 heterocycles. The van der Waals surface area contributed by atoms with E-state index in [0.29, 0.717) is 0 Å². The van der Waals surface area contributed by atoms with Gasteiger partial charge in [0.05, 0.1) is 22.8 Å². The number of pyridine rings is 1. The standard InChI is InChI=1S/C20H17N3O2S/c24-26(25,17-11-5-2-6-12-17)21-15-18-20(16-9-3-1-4-10-16)22-19-13-7-8-14-23(18)19/h1-14,21H,15H2. The Hall–Kier alpha value is -2.96. The summed E-state index contributed by atoms with van der Waals surface area (Å²) in [6.07, 6.45) is 1.89. The smallest absolute Gasteiger partial charge is 0.240 e. The molecule has 0 bridgehead atoms. The molecule has 0 saturated carbocycles. The molecule has 4 rings (SSSR count). The fraction of sp³-hybridized carbons (Fsp3) is 0.0500. The summed E-state index contributed by atoms with van der Waals surface area (Å²) in [6, 6.07) is 23.8. The summed E-state index contributed by atoms with van der Waals surface area (Å²) in [5.74, 6) is 0. The zero-order valence-electron chi connectivity index (χ0n) is 13.9. The topological polar surface area (TPSA) is 63.5 Å². The van der Waals surface area contributed by atoms with Gasteiger partial charge in [-0.05, 0) is 24.3 Å². The lowest BCUT2D eigenvalue weighted by molar-refractivity contribution is 0.580. The van der Waals surface area contributed by atoms with E-state index in [-0.39, 0.29) is 11.4 Å². The van der Waals surface area contributed by atoms with Crippen LogP contribution in [-0.2, 0) is 16.6 Å². The van der Waals surface area contributed by atoms with Crippen LogP contribution >= 0.6 is 0 Å². The van der Waals surface area contributed by atoms with Crippen molar-refractivity contribution in [3.05, 3.63) is 90.8 Å². The summed E-state index contributed by atoms with van der Waals surface area (Å²) in [6.45, 7) is 0.145. The third-order valence-corrected chi connectivity index (χ3v) is 5.58. The van der Waals surface area contributed by atoms with E-state index in [1.54, 1.807) is 30.3 Å². The molecule has 0 spiro atoms. The number of hydrogen-bond donors (Lipinski definition) is 1. The first-order valence-corrected chi connectivity index (χ1v) is 9.69. The van der Waals surface area contributed by atoms with E-state index in [1.165, 1.54) is 0 Å². The first-order chi connectivity index (χ1) is 12.6. The molecule has 0 fully saturated rings. The van der Waals surface area contributed by atoms with Gasteiger partial charge < -0.3 is 4.40 Å². The lowest BCUT2D eigenvalue weighted by Crippen LogP contribution is -2.24. The van der Waals surface area contributed by atoms with E-state index in [1.807, 2.05) is 59.1 Å². The molecule has 0 aliphatic rings. The maximum atomic E-state index is 12.6. The normalized spacial score (nSPS) is 11.7. The Balaban J connectivity index is 1.74. The van der Waals surface area contributed by atoms with Crippen LogP contribution in [0.15, 0.2) is 90.0 Å². The summed E-state index contributed by atoms with van der Waals surface area (Å²) in [4.78, 5) is 4.93. The van der Waals surface area contributed by atoms with Crippen LogP contribution in [0.25, 0.3) is 16.9 Å². The number of hydrogen-bond acceptors (Lipinski definition) is 3. The number of aromatic nitrogens is 2. The van der Waals surface area contributed by atoms with E-state index in [0.717, 1.165) is 22.6 Å². The van der Waals surface area contributed by atoms with Gasteiger partial charge in [0.15, 0.2) is 0 Å². The third-order valence-electron chi connectivity index (χ3n) is 4.16. The summed E-state index contributed by atoms with van der Waals surface area (Å²) in [5.41, 5.74) is 3.30. The monoisotopic (exact) mass is 363 g/mol. The van der Waals surface area contributed by atoms with E-state index >= 15 is 0 Å². The minimum absolute atomic E-state index is 0.145. The molecule has 0 radical (unpaired) electrons. The SMILES string of the molecule is O=S(=O)(NCc1c(-c2ccccc2)nc2ccccn12)c1ccccc1. The van der Waals surface area contributed by atoms with Crippen molar-refractivity contribution in [3.63, 3.8) is 0 Å². The lowest BCUT2D eigenvalue weighted by Gasteiger charge is -2.09. The van der Waals surface area contributed by atoms with Crippen LogP contribution in [0.3, 0.4) is 0 Å². The van der Waals surface area contributed by atoms with Crippen molar-refractivity contribution < 1.29 is 8.42 Å². The first kappa shape index (κ1) is 16.5. The van der Waals surface area contributed by atoms with Crippen molar-refractivity contribution in [1.29, 1.82) is 0 Å². The van der Waals surface area contributed by atoms with Crippen molar-refractivity contribution in [2.45, 2.75) is 11.4 Å². The van der Waals surface area contributed by atoms with Gasteiger partial charge in [-0.3, -0.25) is 0 Å². The summed E-state index contributed by atoms with van der Waals surface area (Å²) < 4.78 is 29.7. The van der Waals surface area contributed by atoms with Crippen LogP contribution in [0.5, 0.6) is 0 Å². The van der Waals surface area contributed by atoms with Crippen molar-refractivity contribution in [2.75, 3.05) is 0 Å². The van der Waals surface area contributed by atoms with Crippen molar-refractivity contribution in [3.8, 4) is 11.3 Å². The quantitative estimate of drug-likeness (QED) is 0.590. The number of sulfonamides is 1. The molecule has 4 aromatic rings. The highest BCUT2D eigenvalue weighted by molar-refractivity contribution is 7.89. The van der Waals surface area contributed by atoms with Gasteiger partial charge in [-0.25, -0.2) is 18.1 Å². The zero-order valence-corrected chi connectivity index (χ0v) is 14.7. The van der Waals surface area contributed by atoms with E-state index < -0.39 is 10.0 Å². The molecule has 0 saturated heterocycles. The van der Waals surface area contributed by atoms with Gasteiger partial charge in [0.25, 0.3) is 0 Å². The van der Waals surface area contributed by atoms with Gasteiger partial charge in [0, 0.05) is 11.8 Å². The number of rotatable bonds is 5. The predicted octanol–water partition coefficient (Wildman–Crippen LogP) is 3.48. The van der Waals surface area contributed by atoms with Crippen molar-refractivity contribution in [2.24, 2.45) is 0 Å². The second kappa shape index (κ2) is 6.74. The second-order valence-corrected chi connectivity index (χ2v) is 7.61. The van der Waals surface area contributed by atoms with Gasteiger partial charge in [-0.2, -0.15) is 0 Å². The summed E-state index contributed by atoms with van der Waals surface area (Å²) in [5, 5.41) is 0. The molecule has 2 aromatic carbocycles. The first-order valence-electron chi connectivity index (χ1n) is 8.21. The van der Waals surface area contributed by atoms with Gasteiger partial charge >= 0.3 is 0 Å². The van der Waals surface area contributed by atoms with Gasteiger partial charge in [0.2, 0.25) is 10.0 Å². The van der Waals surface area contributed by atoms with Crippen molar-refractivity contribution >= 4 is 15.7 Å². The highest BCUT2D eigenvalue weighted by atomic mass is 32.2. The van der Waals surface area contributed by atoms with Crippen molar-refractivity contribution in [1.82, 2.24) is 14.1 Å². The lowest BCUT2D eigenvalue weighted by atomic mass is 10.1. The molecule has 1 N–H and O–H groups in total. The highest BCUT2D eigenvalue weighted by Crippen LogP contribution is 2.24. The number of imidazole rings is 1. The van der Waals surface area contributed by atoms with Crippen LogP contribution in [-0.4, -0.2) is 17.8 Å². The van der Waals surface area contributed by atoms with Gasteiger partial charge in [-0.15, -0.1) is 0 Å². The Morgan fingerprint density at radius 1 is 0.846 bits per heavy atom. The maximum absolute atomic E-state index is 12.6. The van der Waals surface area contributed by atoms with Crippen LogP contribution in [0.2, 0.25) is 0 Å². The molecule has 0 aliphatic carbocycles. The predicted molar refractivity (Wildman–Crippen MR) is 101 cm³/mol. The molecular weight excluding hydrogens is 346 g/mol. The maximum Gasteiger partial charge on any atom is 0.240 e. The molecule has 0 amide bonds. The molecule has 26 heavy (non-hydrogen) atoms. The van der Waals surface area contributed by atoms with Crippen LogP contribution in [0.4, 0.5) is 0 Å². The third kappa shape index (κ3) is 3.12. The number of nitrogens with one attached hydrogen (secondary N) is 1. The molecule has 0 unspecified atom stereocenters. The average Bonchev–Trinajstić information content (AvgIpc) is 3.06. The number of fused-ring (bicyclic) bond motifs is 1. The summed E-state index contributed by atoms with van der Waals surface area (Å²) >= 11 is 0. The molecule has 6 heteroatoms. The van der Waals surface area contributed by atoms with Gasteiger partial charge in [0.1, 0.15) is 5.65 Å². The average molecular weight is 363 g/mol. The molecule has 2 aromatic heterocycles. The second-order valence-electron chi connectivity index (χ2n) is 5.84. The van der Waals surface area contributed by atoms with Gasteiger partial charge in [-0.1, -0.05) is 54.6 Å². The summed E-state index contributed by atoms with van der Waals surface area (Å²) in [7, 11) is -3.60. The molecule has 130 valence electrons. The van der Waals surface area contributed by atoms with Crippen LogP contribution in [0.1, 0.15) is 5.69 Å².